The Morgan fingerprint density at radius 1 is 1.71 bits per heavy atom. The van der Waals surface area contributed by atoms with E-state index >= 15 is 0 Å². The second-order valence-electron chi connectivity index (χ2n) is 3.76. The first-order chi connectivity index (χ1) is 6.65. The van der Waals surface area contributed by atoms with Crippen LogP contribution in [0.25, 0.3) is 0 Å². The van der Waals surface area contributed by atoms with Crippen LogP contribution in [0, 0.1) is 0 Å². The molecule has 4 heteroatoms. The normalized spacial score (nSPS) is 23.1. The minimum atomic E-state index is -0.0505. The molecule has 1 atom stereocenters. The fourth-order valence-corrected chi connectivity index (χ4v) is 1.71. The lowest BCUT2D eigenvalue weighted by Gasteiger charge is -2.34. The summed E-state index contributed by atoms with van der Waals surface area (Å²) >= 11 is 0. The summed E-state index contributed by atoms with van der Waals surface area (Å²) in [6, 6.07) is -0.0505. The third-order valence-electron chi connectivity index (χ3n) is 2.38. The number of hydrogen-bond donors (Lipinski definition) is 2. The van der Waals surface area contributed by atoms with Gasteiger partial charge in [0, 0.05) is 33.2 Å². The molecule has 1 saturated heterocycles. The molecule has 0 aromatic rings. The smallest absolute Gasteiger partial charge is 0.238 e. The van der Waals surface area contributed by atoms with Crippen LogP contribution in [0.4, 0.5) is 0 Å². The van der Waals surface area contributed by atoms with Crippen LogP contribution in [0.15, 0.2) is 12.2 Å². The van der Waals surface area contributed by atoms with E-state index in [-0.39, 0.29) is 11.9 Å². The lowest BCUT2D eigenvalue weighted by atomic mass is 10.1. The van der Waals surface area contributed by atoms with E-state index in [9.17, 15) is 4.79 Å². The van der Waals surface area contributed by atoms with Gasteiger partial charge in [0.2, 0.25) is 5.91 Å². The molecule has 2 N–H and O–H groups in total. The molecule has 1 aliphatic heterocycles. The first-order valence-corrected chi connectivity index (χ1v) is 4.96. The molecule has 1 heterocycles. The first-order valence-electron chi connectivity index (χ1n) is 4.96. The minimum absolute atomic E-state index is 0.0505. The highest BCUT2D eigenvalue weighted by Gasteiger charge is 2.27. The topological polar surface area (TPSA) is 44.4 Å². The molecule has 0 aromatic carbocycles. The van der Waals surface area contributed by atoms with Gasteiger partial charge in [-0.25, -0.2) is 0 Å². The SMILES string of the molecule is C=C(C)CN1CCNCC1C(=O)NC. The molecule has 1 amide bonds. The Labute approximate surface area is 85.3 Å². The summed E-state index contributed by atoms with van der Waals surface area (Å²) < 4.78 is 0. The Bertz CT molecular complexity index is 227. The van der Waals surface area contributed by atoms with Crippen molar-refractivity contribution in [3.05, 3.63) is 12.2 Å². The molecular weight excluding hydrogens is 178 g/mol. The molecular formula is C10H19N3O. The maximum Gasteiger partial charge on any atom is 0.238 e. The maximum absolute atomic E-state index is 11.5. The molecule has 0 saturated carbocycles. The third kappa shape index (κ3) is 2.82. The van der Waals surface area contributed by atoms with E-state index in [1.165, 1.54) is 0 Å². The molecule has 1 aliphatic rings. The maximum atomic E-state index is 11.5. The largest absolute Gasteiger partial charge is 0.358 e. The number of rotatable bonds is 3. The van der Waals surface area contributed by atoms with Crippen LogP contribution in [0.2, 0.25) is 0 Å². The van der Waals surface area contributed by atoms with Gasteiger partial charge in [0.1, 0.15) is 6.04 Å². The summed E-state index contributed by atoms with van der Waals surface area (Å²) in [5.41, 5.74) is 1.10. The summed E-state index contributed by atoms with van der Waals surface area (Å²) in [6.07, 6.45) is 0. The van der Waals surface area contributed by atoms with Crippen molar-refractivity contribution >= 4 is 5.91 Å². The van der Waals surface area contributed by atoms with Crippen molar-refractivity contribution in [3.63, 3.8) is 0 Å². The Hall–Kier alpha value is -0.870. The number of nitrogens with zero attached hydrogens (tertiary/aromatic N) is 1. The highest BCUT2D eigenvalue weighted by atomic mass is 16.2. The molecule has 1 unspecified atom stereocenters. The van der Waals surface area contributed by atoms with Crippen molar-refractivity contribution in [2.75, 3.05) is 33.2 Å². The summed E-state index contributed by atoms with van der Waals surface area (Å²) in [5.74, 6) is 0.0819. The third-order valence-corrected chi connectivity index (χ3v) is 2.38. The van der Waals surface area contributed by atoms with Gasteiger partial charge in [-0.2, -0.15) is 0 Å². The lowest BCUT2D eigenvalue weighted by Crippen LogP contribution is -2.57. The van der Waals surface area contributed by atoms with Crippen LogP contribution in [0.5, 0.6) is 0 Å². The Kier molecular flexibility index (Phi) is 4.10. The fraction of sp³-hybridized carbons (Fsp3) is 0.700. The fourth-order valence-electron chi connectivity index (χ4n) is 1.71. The van der Waals surface area contributed by atoms with Crippen molar-refractivity contribution in [3.8, 4) is 0 Å². The van der Waals surface area contributed by atoms with Crippen LogP contribution < -0.4 is 10.6 Å². The van der Waals surface area contributed by atoms with Crippen LogP contribution in [0.3, 0.4) is 0 Å². The van der Waals surface area contributed by atoms with E-state index in [4.69, 9.17) is 0 Å². The summed E-state index contributed by atoms with van der Waals surface area (Å²) in [4.78, 5) is 13.7. The molecule has 1 rings (SSSR count). The van der Waals surface area contributed by atoms with Crippen LogP contribution in [0.1, 0.15) is 6.92 Å². The van der Waals surface area contributed by atoms with Gasteiger partial charge < -0.3 is 10.6 Å². The van der Waals surface area contributed by atoms with Crippen molar-refractivity contribution < 1.29 is 4.79 Å². The second kappa shape index (κ2) is 5.12. The van der Waals surface area contributed by atoms with Gasteiger partial charge in [-0.1, -0.05) is 12.2 Å². The number of piperazine rings is 1. The van der Waals surface area contributed by atoms with Crippen LogP contribution in [-0.2, 0) is 4.79 Å². The zero-order valence-electron chi connectivity index (χ0n) is 8.97. The zero-order chi connectivity index (χ0) is 10.6. The highest BCUT2D eigenvalue weighted by Crippen LogP contribution is 2.05. The van der Waals surface area contributed by atoms with Crippen molar-refractivity contribution in [1.82, 2.24) is 15.5 Å². The molecule has 0 radical (unpaired) electrons. The Balaban J connectivity index is 2.58. The minimum Gasteiger partial charge on any atom is -0.358 e. The summed E-state index contributed by atoms with van der Waals surface area (Å²) in [6.45, 7) is 9.25. The first kappa shape index (κ1) is 11.2. The number of carbonyl (C=O) groups excluding carboxylic acids is 1. The molecule has 4 nitrogen and oxygen atoms in total. The van der Waals surface area contributed by atoms with Gasteiger partial charge >= 0.3 is 0 Å². The van der Waals surface area contributed by atoms with Crippen molar-refractivity contribution in [1.29, 1.82) is 0 Å². The van der Waals surface area contributed by atoms with Gasteiger partial charge in [-0.15, -0.1) is 0 Å². The number of amides is 1. The van der Waals surface area contributed by atoms with Gasteiger partial charge in [-0.3, -0.25) is 9.69 Å². The lowest BCUT2D eigenvalue weighted by molar-refractivity contribution is -0.126. The average Bonchev–Trinajstić information content (AvgIpc) is 2.16. The summed E-state index contributed by atoms with van der Waals surface area (Å²) in [5, 5.41) is 5.91. The molecule has 14 heavy (non-hydrogen) atoms. The van der Waals surface area contributed by atoms with E-state index in [1.807, 2.05) is 6.92 Å². The van der Waals surface area contributed by atoms with Gasteiger partial charge in [0.05, 0.1) is 0 Å². The van der Waals surface area contributed by atoms with Gasteiger partial charge in [-0.05, 0) is 6.92 Å². The molecule has 80 valence electrons. The molecule has 0 aromatic heterocycles. The number of likely N-dealkylation sites (N-methyl/N-ethyl adjacent to an activating group) is 1. The van der Waals surface area contributed by atoms with Crippen LogP contribution in [-0.4, -0.2) is 50.1 Å². The van der Waals surface area contributed by atoms with Gasteiger partial charge in [0.15, 0.2) is 0 Å². The predicted octanol–water partition coefficient (Wildman–Crippen LogP) is -0.418. The number of hydrogen-bond acceptors (Lipinski definition) is 3. The predicted molar refractivity (Wildman–Crippen MR) is 57.1 cm³/mol. The standard InChI is InChI=1S/C10H19N3O/c1-8(2)7-13-5-4-12-6-9(13)10(14)11-3/h9,12H,1,4-7H2,2-3H3,(H,11,14). The Morgan fingerprint density at radius 3 is 3.00 bits per heavy atom. The Morgan fingerprint density at radius 2 is 2.43 bits per heavy atom. The van der Waals surface area contributed by atoms with Crippen molar-refractivity contribution in [2.24, 2.45) is 0 Å². The molecule has 1 fully saturated rings. The van der Waals surface area contributed by atoms with E-state index in [1.54, 1.807) is 7.05 Å². The van der Waals surface area contributed by atoms with Crippen molar-refractivity contribution in [2.45, 2.75) is 13.0 Å². The highest BCUT2D eigenvalue weighted by molar-refractivity contribution is 5.81. The van der Waals surface area contributed by atoms with Crippen LogP contribution >= 0.6 is 0 Å². The molecule has 0 aliphatic carbocycles. The molecule has 0 spiro atoms. The van der Waals surface area contributed by atoms with E-state index in [2.05, 4.69) is 22.1 Å². The quantitative estimate of drug-likeness (QED) is 0.604. The van der Waals surface area contributed by atoms with Gasteiger partial charge in [0.25, 0.3) is 0 Å². The zero-order valence-corrected chi connectivity index (χ0v) is 8.97. The second-order valence-corrected chi connectivity index (χ2v) is 3.76. The van der Waals surface area contributed by atoms with E-state index in [0.717, 1.165) is 31.8 Å². The summed E-state index contributed by atoms with van der Waals surface area (Å²) in [7, 11) is 1.68. The average molecular weight is 197 g/mol. The number of nitrogens with one attached hydrogen (secondary N) is 2. The van der Waals surface area contributed by atoms with E-state index in [0.29, 0.717) is 0 Å². The monoisotopic (exact) mass is 197 g/mol. The molecule has 0 bridgehead atoms. The van der Waals surface area contributed by atoms with E-state index < -0.39 is 0 Å². The number of carbonyl (C=O) groups is 1.